The second kappa shape index (κ2) is 4.77. The van der Waals surface area contributed by atoms with Crippen molar-refractivity contribution >= 4 is 21.4 Å². The molecule has 4 nitrogen and oxygen atoms in total. The van der Waals surface area contributed by atoms with Gasteiger partial charge in [-0.15, -0.1) is 0 Å². The Bertz CT molecular complexity index is 813. The molecule has 0 aliphatic carbocycles. The molecule has 1 aliphatic heterocycles. The van der Waals surface area contributed by atoms with Gasteiger partial charge in [-0.3, -0.25) is 4.31 Å². The monoisotopic (exact) mass is 302 g/mol. The highest BCUT2D eigenvalue weighted by atomic mass is 32.2. The third kappa shape index (κ3) is 2.27. The summed E-state index contributed by atoms with van der Waals surface area (Å²) in [6, 6.07) is 10.9. The van der Waals surface area contributed by atoms with E-state index in [2.05, 4.69) is 0 Å². The normalized spacial score (nSPS) is 14.3. The molecule has 0 aromatic heterocycles. The Morgan fingerprint density at radius 1 is 1.10 bits per heavy atom. The summed E-state index contributed by atoms with van der Waals surface area (Å²) in [4.78, 5) is 0.364. The first kappa shape index (κ1) is 13.9. The van der Waals surface area contributed by atoms with Crippen molar-refractivity contribution in [2.24, 2.45) is 0 Å². The lowest BCUT2D eigenvalue weighted by atomic mass is 10.1. The molecule has 2 N–H and O–H groups in total. The molecule has 5 heteroatoms. The zero-order valence-corrected chi connectivity index (χ0v) is 12.9. The molecule has 0 spiro atoms. The molecule has 0 saturated carbocycles. The van der Waals surface area contributed by atoms with E-state index in [4.69, 9.17) is 5.73 Å². The Morgan fingerprint density at radius 2 is 1.86 bits per heavy atom. The summed E-state index contributed by atoms with van der Waals surface area (Å²) in [7, 11) is -3.54. The van der Waals surface area contributed by atoms with Crippen molar-refractivity contribution in [3.8, 4) is 0 Å². The zero-order chi connectivity index (χ0) is 15.2. The number of nitrogens with zero attached hydrogens (tertiary/aromatic N) is 1. The van der Waals surface area contributed by atoms with Gasteiger partial charge in [-0.05, 0) is 49.6 Å². The van der Waals surface area contributed by atoms with Crippen molar-refractivity contribution in [1.82, 2.24) is 0 Å². The molecule has 0 radical (unpaired) electrons. The van der Waals surface area contributed by atoms with Gasteiger partial charge in [-0.2, -0.15) is 0 Å². The highest BCUT2D eigenvalue weighted by Gasteiger charge is 2.31. The van der Waals surface area contributed by atoms with Gasteiger partial charge in [-0.1, -0.05) is 23.8 Å². The Morgan fingerprint density at radius 3 is 2.57 bits per heavy atom. The molecule has 2 aromatic carbocycles. The van der Waals surface area contributed by atoms with E-state index in [1.165, 1.54) is 4.31 Å². The fraction of sp³-hybridized carbons (Fsp3) is 0.250. The van der Waals surface area contributed by atoms with E-state index >= 15 is 0 Å². The molecule has 110 valence electrons. The Kier molecular flexibility index (Phi) is 3.17. The molecule has 0 atom stereocenters. The van der Waals surface area contributed by atoms with E-state index in [1.54, 1.807) is 12.1 Å². The maximum atomic E-state index is 12.9. The van der Waals surface area contributed by atoms with Gasteiger partial charge in [0.25, 0.3) is 10.0 Å². The van der Waals surface area contributed by atoms with Crippen LogP contribution in [0, 0.1) is 13.8 Å². The molecule has 3 rings (SSSR count). The minimum absolute atomic E-state index is 0.364. The highest BCUT2D eigenvalue weighted by Crippen LogP contribution is 2.35. The van der Waals surface area contributed by atoms with Crippen LogP contribution >= 0.6 is 0 Å². The lowest BCUT2D eigenvalue weighted by Gasteiger charge is -2.21. The van der Waals surface area contributed by atoms with E-state index in [-0.39, 0.29) is 0 Å². The minimum Gasteiger partial charge on any atom is -0.399 e. The number of aryl methyl sites for hydroxylation is 2. The predicted molar refractivity (Wildman–Crippen MR) is 85.0 cm³/mol. The van der Waals surface area contributed by atoms with Gasteiger partial charge in [0, 0.05) is 12.2 Å². The quantitative estimate of drug-likeness (QED) is 0.867. The minimum atomic E-state index is -3.54. The van der Waals surface area contributed by atoms with Gasteiger partial charge < -0.3 is 5.73 Å². The summed E-state index contributed by atoms with van der Waals surface area (Å²) in [6.07, 6.45) is 0.722. The molecule has 0 bridgehead atoms. The van der Waals surface area contributed by atoms with E-state index in [1.807, 2.05) is 38.1 Å². The number of sulfonamides is 1. The van der Waals surface area contributed by atoms with Gasteiger partial charge in [-0.25, -0.2) is 8.42 Å². The average molecular weight is 302 g/mol. The summed E-state index contributed by atoms with van der Waals surface area (Å²) >= 11 is 0. The number of nitrogens with two attached hydrogens (primary N) is 1. The van der Waals surface area contributed by atoms with E-state index in [0.717, 1.165) is 23.1 Å². The van der Waals surface area contributed by atoms with Gasteiger partial charge in [0.2, 0.25) is 0 Å². The third-order valence-corrected chi connectivity index (χ3v) is 5.83. The highest BCUT2D eigenvalue weighted by molar-refractivity contribution is 7.93. The summed E-state index contributed by atoms with van der Waals surface area (Å²) in [5.41, 5.74) is 9.94. The van der Waals surface area contributed by atoms with Crippen LogP contribution in [0.25, 0.3) is 0 Å². The topological polar surface area (TPSA) is 63.4 Å². The summed E-state index contributed by atoms with van der Waals surface area (Å²) < 4.78 is 27.3. The standard InChI is InChI=1S/C16H18N2O2S/c1-11-3-6-16(12(2)9-11)21(19,20)18-8-7-13-4-5-14(17)10-15(13)18/h3-6,9-10H,7-8,17H2,1-2H3. The molecular formula is C16H18N2O2S. The van der Waals surface area contributed by atoms with Crippen molar-refractivity contribution in [1.29, 1.82) is 0 Å². The fourth-order valence-corrected chi connectivity index (χ4v) is 4.53. The third-order valence-electron chi connectivity index (χ3n) is 3.86. The molecule has 0 saturated heterocycles. The van der Waals surface area contributed by atoms with Crippen LogP contribution in [0.2, 0.25) is 0 Å². The Balaban J connectivity index is 2.11. The summed E-state index contributed by atoms with van der Waals surface area (Å²) in [5.74, 6) is 0. The fourth-order valence-electron chi connectivity index (χ4n) is 2.82. The molecule has 21 heavy (non-hydrogen) atoms. The number of benzene rings is 2. The van der Waals surface area contributed by atoms with E-state index < -0.39 is 10.0 Å². The van der Waals surface area contributed by atoms with Gasteiger partial charge >= 0.3 is 0 Å². The zero-order valence-electron chi connectivity index (χ0n) is 12.1. The average Bonchev–Trinajstić information content (AvgIpc) is 2.81. The maximum absolute atomic E-state index is 12.9. The number of hydrogen-bond acceptors (Lipinski definition) is 3. The largest absolute Gasteiger partial charge is 0.399 e. The summed E-state index contributed by atoms with van der Waals surface area (Å²) in [6.45, 7) is 4.25. The van der Waals surface area contributed by atoms with Crippen LogP contribution in [0.15, 0.2) is 41.3 Å². The molecule has 2 aromatic rings. The van der Waals surface area contributed by atoms with Crippen molar-refractivity contribution in [3.05, 3.63) is 53.1 Å². The van der Waals surface area contributed by atoms with Crippen molar-refractivity contribution in [2.45, 2.75) is 25.2 Å². The maximum Gasteiger partial charge on any atom is 0.264 e. The predicted octanol–water partition coefficient (Wildman–Crippen LogP) is 2.64. The molecule has 1 aliphatic rings. The second-order valence-electron chi connectivity index (χ2n) is 5.48. The number of rotatable bonds is 2. The summed E-state index contributed by atoms with van der Waals surface area (Å²) in [5, 5.41) is 0. The second-order valence-corrected chi connectivity index (χ2v) is 7.32. The van der Waals surface area contributed by atoms with Crippen LogP contribution in [0.3, 0.4) is 0 Å². The van der Waals surface area contributed by atoms with Gasteiger partial charge in [0.05, 0.1) is 10.6 Å². The first-order valence-electron chi connectivity index (χ1n) is 6.88. The number of nitrogen functional groups attached to an aromatic ring is 1. The SMILES string of the molecule is Cc1ccc(S(=O)(=O)N2CCc3ccc(N)cc32)c(C)c1. The molecule has 0 fully saturated rings. The number of anilines is 2. The first-order chi connectivity index (χ1) is 9.89. The van der Waals surface area contributed by atoms with E-state index in [9.17, 15) is 8.42 Å². The van der Waals surface area contributed by atoms with Gasteiger partial charge in [0.1, 0.15) is 0 Å². The molecule has 0 unspecified atom stereocenters. The molecular weight excluding hydrogens is 284 g/mol. The van der Waals surface area contributed by atoms with Gasteiger partial charge in [0.15, 0.2) is 0 Å². The lowest BCUT2D eigenvalue weighted by Crippen LogP contribution is -2.29. The van der Waals surface area contributed by atoms with Crippen LogP contribution in [0.4, 0.5) is 11.4 Å². The van der Waals surface area contributed by atoms with Crippen LogP contribution in [-0.2, 0) is 16.4 Å². The van der Waals surface area contributed by atoms with Crippen LogP contribution < -0.4 is 10.0 Å². The van der Waals surface area contributed by atoms with Crippen LogP contribution in [0.5, 0.6) is 0 Å². The smallest absolute Gasteiger partial charge is 0.264 e. The first-order valence-corrected chi connectivity index (χ1v) is 8.32. The Hall–Kier alpha value is -2.01. The van der Waals surface area contributed by atoms with Crippen LogP contribution in [-0.4, -0.2) is 15.0 Å². The van der Waals surface area contributed by atoms with Crippen molar-refractivity contribution in [2.75, 3.05) is 16.6 Å². The molecule has 0 amide bonds. The number of fused-ring (bicyclic) bond motifs is 1. The van der Waals surface area contributed by atoms with Crippen molar-refractivity contribution < 1.29 is 8.42 Å². The lowest BCUT2D eigenvalue weighted by molar-refractivity contribution is 0.591. The van der Waals surface area contributed by atoms with Crippen molar-refractivity contribution in [3.63, 3.8) is 0 Å². The molecule has 1 heterocycles. The van der Waals surface area contributed by atoms with Crippen LogP contribution in [0.1, 0.15) is 16.7 Å². The Labute approximate surface area is 125 Å². The van der Waals surface area contributed by atoms with E-state index in [0.29, 0.717) is 22.8 Å². The number of hydrogen-bond donors (Lipinski definition) is 1.